The number of ether oxygens (including phenoxy) is 3. The second-order valence-electron chi connectivity index (χ2n) is 7.72. The molecule has 1 aromatic rings. The SMILES string of the molecule is COC(=O)[C@@H]1C[C@@H](CNC(=O)OCc2ccccc2)CN1C(=O)OC(C)(C)C. The van der Waals surface area contributed by atoms with Crippen molar-refractivity contribution in [3.05, 3.63) is 35.9 Å². The first-order valence-corrected chi connectivity index (χ1v) is 9.21. The highest BCUT2D eigenvalue weighted by atomic mass is 16.6. The maximum Gasteiger partial charge on any atom is 0.411 e. The Morgan fingerprint density at radius 1 is 1.18 bits per heavy atom. The highest BCUT2D eigenvalue weighted by Gasteiger charge is 2.42. The van der Waals surface area contributed by atoms with Crippen molar-refractivity contribution >= 4 is 18.2 Å². The van der Waals surface area contributed by atoms with Crippen molar-refractivity contribution in [2.45, 2.75) is 45.4 Å². The Balaban J connectivity index is 1.87. The second-order valence-corrected chi connectivity index (χ2v) is 7.72. The molecular weight excluding hydrogens is 364 g/mol. The Morgan fingerprint density at radius 2 is 1.86 bits per heavy atom. The third-order valence-electron chi connectivity index (χ3n) is 4.24. The van der Waals surface area contributed by atoms with Crippen molar-refractivity contribution in [2.24, 2.45) is 5.92 Å². The highest BCUT2D eigenvalue weighted by molar-refractivity contribution is 5.82. The van der Waals surface area contributed by atoms with E-state index in [-0.39, 0.29) is 25.6 Å². The predicted octanol–water partition coefficient (Wildman–Crippen LogP) is 2.71. The minimum absolute atomic E-state index is 0.110. The van der Waals surface area contributed by atoms with E-state index in [1.165, 1.54) is 12.0 Å². The molecule has 28 heavy (non-hydrogen) atoms. The van der Waals surface area contributed by atoms with E-state index >= 15 is 0 Å². The third kappa shape index (κ3) is 6.44. The fourth-order valence-corrected chi connectivity index (χ4v) is 2.95. The van der Waals surface area contributed by atoms with E-state index in [1.54, 1.807) is 20.8 Å². The van der Waals surface area contributed by atoms with Gasteiger partial charge in [-0.2, -0.15) is 0 Å². The first kappa shape index (κ1) is 21.5. The molecule has 1 N–H and O–H groups in total. The van der Waals surface area contributed by atoms with Crippen molar-refractivity contribution in [1.82, 2.24) is 10.2 Å². The lowest BCUT2D eigenvalue weighted by Crippen LogP contribution is -2.44. The predicted molar refractivity (Wildman–Crippen MR) is 101 cm³/mol. The van der Waals surface area contributed by atoms with Crippen LogP contribution in [0.25, 0.3) is 0 Å². The zero-order chi connectivity index (χ0) is 20.7. The van der Waals surface area contributed by atoms with Crippen LogP contribution in [0.2, 0.25) is 0 Å². The van der Waals surface area contributed by atoms with Crippen LogP contribution >= 0.6 is 0 Å². The smallest absolute Gasteiger partial charge is 0.411 e. The van der Waals surface area contributed by atoms with Gasteiger partial charge in [0.25, 0.3) is 0 Å². The molecule has 0 unspecified atom stereocenters. The van der Waals surface area contributed by atoms with E-state index < -0.39 is 29.8 Å². The lowest BCUT2D eigenvalue weighted by molar-refractivity contribution is -0.145. The van der Waals surface area contributed by atoms with Gasteiger partial charge in [0.2, 0.25) is 0 Å². The van der Waals surface area contributed by atoms with Crippen LogP contribution in [0.3, 0.4) is 0 Å². The van der Waals surface area contributed by atoms with E-state index in [4.69, 9.17) is 14.2 Å². The number of nitrogens with zero attached hydrogens (tertiary/aromatic N) is 1. The number of carbonyl (C=O) groups is 3. The molecule has 0 saturated carbocycles. The normalized spacial score (nSPS) is 19.1. The van der Waals surface area contributed by atoms with E-state index in [9.17, 15) is 14.4 Å². The number of carbonyl (C=O) groups excluding carboxylic acids is 3. The summed E-state index contributed by atoms with van der Waals surface area (Å²) in [6.07, 6.45) is -0.739. The topological polar surface area (TPSA) is 94.2 Å². The number of alkyl carbamates (subject to hydrolysis) is 1. The van der Waals surface area contributed by atoms with Gasteiger partial charge < -0.3 is 19.5 Å². The Bertz CT molecular complexity index is 686. The first-order valence-electron chi connectivity index (χ1n) is 9.21. The van der Waals surface area contributed by atoms with Gasteiger partial charge >= 0.3 is 18.2 Å². The maximum atomic E-state index is 12.4. The molecule has 0 spiro atoms. The van der Waals surface area contributed by atoms with Crippen molar-refractivity contribution in [2.75, 3.05) is 20.2 Å². The molecule has 1 heterocycles. The average molecular weight is 392 g/mol. The summed E-state index contributed by atoms with van der Waals surface area (Å²) in [6.45, 7) is 6.02. The van der Waals surface area contributed by atoms with Crippen molar-refractivity contribution in [1.29, 1.82) is 0 Å². The zero-order valence-corrected chi connectivity index (χ0v) is 16.8. The molecule has 1 fully saturated rings. The van der Waals surface area contributed by atoms with Gasteiger partial charge in [-0.1, -0.05) is 30.3 Å². The number of hydrogen-bond donors (Lipinski definition) is 1. The second kappa shape index (κ2) is 9.43. The molecule has 2 atom stereocenters. The lowest BCUT2D eigenvalue weighted by atomic mass is 10.1. The number of benzene rings is 1. The summed E-state index contributed by atoms with van der Waals surface area (Å²) in [7, 11) is 1.28. The Hall–Kier alpha value is -2.77. The van der Waals surface area contributed by atoms with Crippen molar-refractivity contribution in [3.63, 3.8) is 0 Å². The van der Waals surface area contributed by atoms with Gasteiger partial charge in [-0.25, -0.2) is 14.4 Å². The minimum Gasteiger partial charge on any atom is -0.467 e. The highest BCUT2D eigenvalue weighted by Crippen LogP contribution is 2.26. The van der Waals surface area contributed by atoms with E-state index in [0.29, 0.717) is 6.42 Å². The first-order chi connectivity index (χ1) is 13.2. The Kier molecular flexibility index (Phi) is 7.25. The number of rotatable bonds is 5. The van der Waals surface area contributed by atoms with Crippen LogP contribution in [-0.4, -0.2) is 54.9 Å². The molecule has 0 bridgehead atoms. The van der Waals surface area contributed by atoms with Gasteiger partial charge in [0.05, 0.1) is 7.11 Å². The minimum atomic E-state index is -0.730. The molecule has 8 heteroatoms. The van der Waals surface area contributed by atoms with Gasteiger partial charge in [-0.3, -0.25) is 4.90 Å². The maximum absolute atomic E-state index is 12.4. The monoisotopic (exact) mass is 392 g/mol. The molecule has 8 nitrogen and oxygen atoms in total. The Morgan fingerprint density at radius 3 is 2.46 bits per heavy atom. The van der Waals surface area contributed by atoms with Crippen LogP contribution in [0.4, 0.5) is 9.59 Å². The van der Waals surface area contributed by atoms with Crippen LogP contribution in [-0.2, 0) is 25.6 Å². The number of hydrogen-bond acceptors (Lipinski definition) is 6. The molecule has 1 aliphatic heterocycles. The van der Waals surface area contributed by atoms with E-state index in [0.717, 1.165) is 5.56 Å². The van der Waals surface area contributed by atoms with Gasteiger partial charge in [0, 0.05) is 13.1 Å². The summed E-state index contributed by atoms with van der Waals surface area (Å²) in [5, 5.41) is 2.69. The number of nitrogens with one attached hydrogen (secondary N) is 1. The standard InChI is InChI=1S/C20H28N2O6/c1-20(2,3)28-19(25)22-12-15(10-16(22)17(23)26-4)11-21-18(24)27-13-14-8-6-5-7-9-14/h5-9,15-16H,10-13H2,1-4H3,(H,21,24)/t15-,16-/m0/s1. The quantitative estimate of drug-likeness (QED) is 0.612. The van der Waals surface area contributed by atoms with E-state index in [2.05, 4.69) is 5.32 Å². The molecule has 0 radical (unpaired) electrons. The largest absolute Gasteiger partial charge is 0.467 e. The molecule has 154 valence electrons. The Labute approximate surface area is 165 Å². The molecule has 1 aromatic carbocycles. The molecular formula is C20H28N2O6. The number of likely N-dealkylation sites (tertiary alicyclic amines) is 1. The number of esters is 1. The van der Waals surface area contributed by atoms with Crippen LogP contribution in [0.1, 0.15) is 32.8 Å². The molecule has 2 amide bonds. The average Bonchev–Trinajstić information content (AvgIpc) is 3.08. The van der Waals surface area contributed by atoms with Crippen LogP contribution in [0, 0.1) is 5.92 Å². The van der Waals surface area contributed by atoms with Gasteiger partial charge in [0.1, 0.15) is 18.2 Å². The van der Waals surface area contributed by atoms with Gasteiger partial charge in [-0.05, 0) is 38.7 Å². The number of amides is 2. The summed E-state index contributed by atoms with van der Waals surface area (Å²) in [5.41, 5.74) is 0.218. The lowest BCUT2D eigenvalue weighted by Gasteiger charge is -2.27. The molecule has 1 saturated heterocycles. The summed E-state index contributed by atoms with van der Waals surface area (Å²) in [6, 6.07) is 8.62. The van der Waals surface area contributed by atoms with Crippen molar-refractivity contribution in [3.8, 4) is 0 Å². The molecule has 0 aliphatic carbocycles. The van der Waals surface area contributed by atoms with Gasteiger partial charge in [-0.15, -0.1) is 0 Å². The van der Waals surface area contributed by atoms with Crippen molar-refractivity contribution < 1.29 is 28.6 Å². The third-order valence-corrected chi connectivity index (χ3v) is 4.24. The molecule has 1 aliphatic rings. The summed E-state index contributed by atoms with van der Waals surface area (Å²) >= 11 is 0. The fraction of sp³-hybridized carbons (Fsp3) is 0.550. The fourth-order valence-electron chi connectivity index (χ4n) is 2.95. The van der Waals surface area contributed by atoms with Crippen LogP contribution < -0.4 is 5.32 Å². The van der Waals surface area contributed by atoms with E-state index in [1.807, 2.05) is 30.3 Å². The van der Waals surface area contributed by atoms with Crippen LogP contribution in [0.5, 0.6) is 0 Å². The summed E-state index contributed by atoms with van der Waals surface area (Å²) < 4.78 is 15.4. The zero-order valence-electron chi connectivity index (χ0n) is 16.8. The molecule has 2 rings (SSSR count). The number of methoxy groups -OCH3 is 1. The van der Waals surface area contributed by atoms with Gasteiger partial charge in [0.15, 0.2) is 0 Å². The molecule has 0 aromatic heterocycles. The summed E-state index contributed by atoms with van der Waals surface area (Å²) in [5.74, 6) is -0.610. The summed E-state index contributed by atoms with van der Waals surface area (Å²) in [4.78, 5) is 37.7. The van der Waals surface area contributed by atoms with Crippen LogP contribution in [0.15, 0.2) is 30.3 Å².